The van der Waals surface area contributed by atoms with E-state index in [-0.39, 0.29) is 18.6 Å². The van der Waals surface area contributed by atoms with Gasteiger partial charge in [-0.05, 0) is 6.42 Å². The highest BCUT2D eigenvalue weighted by atomic mass is 16.6. The number of carbonyl (C=O) groups is 1. The van der Waals surface area contributed by atoms with Crippen LogP contribution in [0.25, 0.3) is 0 Å². The van der Waals surface area contributed by atoms with Crippen LogP contribution in [0.1, 0.15) is 96.8 Å². The molecule has 0 aliphatic carbocycles. The van der Waals surface area contributed by atoms with Gasteiger partial charge in [0.2, 0.25) is 0 Å². The molecule has 0 unspecified atom stereocenters. The Kier molecular flexibility index (Phi) is 13.9. The van der Waals surface area contributed by atoms with Gasteiger partial charge in [0.15, 0.2) is 6.10 Å². The fourth-order valence-electron chi connectivity index (χ4n) is 3.31. The summed E-state index contributed by atoms with van der Waals surface area (Å²) in [4.78, 5) is 11.6. The Morgan fingerprint density at radius 3 is 1.85 bits per heavy atom. The predicted octanol–water partition coefficient (Wildman–Crippen LogP) is 3.70. The lowest BCUT2D eigenvalue weighted by molar-refractivity contribution is -0.124. The van der Waals surface area contributed by atoms with Crippen LogP contribution in [0.4, 0.5) is 0 Å². The van der Waals surface area contributed by atoms with Crippen molar-refractivity contribution in [3.8, 4) is 0 Å². The van der Waals surface area contributed by atoms with Crippen molar-refractivity contribution in [1.29, 1.82) is 0 Å². The summed E-state index contributed by atoms with van der Waals surface area (Å²) in [6.45, 7) is 2.46. The fraction of sp³-hybridized carbons (Fsp3) is 0.952. The van der Waals surface area contributed by atoms with E-state index in [0.717, 1.165) is 12.8 Å². The minimum Gasteiger partial charge on any atom is -0.394 e. The highest BCUT2D eigenvalue weighted by Crippen LogP contribution is 2.14. The number of aliphatic hydroxyl groups is 2. The van der Waals surface area contributed by atoms with Gasteiger partial charge in [0.05, 0.1) is 25.4 Å². The molecule has 1 rings (SSSR count). The van der Waals surface area contributed by atoms with Crippen molar-refractivity contribution >= 4 is 5.91 Å². The first kappa shape index (κ1) is 23.4. The van der Waals surface area contributed by atoms with Crippen molar-refractivity contribution < 1.29 is 19.7 Å². The summed E-state index contributed by atoms with van der Waals surface area (Å²) in [5.41, 5.74) is 0. The second-order valence-electron chi connectivity index (χ2n) is 7.72. The molecule has 0 spiro atoms. The van der Waals surface area contributed by atoms with E-state index in [1.165, 1.54) is 70.6 Å². The Morgan fingerprint density at radius 1 is 0.962 bits per heavy atom. The Balaban J connectivity index is 1.87. The molecule has 1 heterocycles. The largest absolute Gasteiger partial charge is 0.394 e. The first-order valence-corrected chi connectivity index (χ1v) is 10.9. The van der Waals surface area contributed by atoms with Gasteiger partial charge in [-0.1, -0.05) is 90.4 Å². The summed E-state index contributed by atoms with van der Waals surface area (Å²) >= 11 is 0. The highest BCUT2D eigenvalue weighted by Gasteiger charge is 2.33. The van der Waals surface area contributed by atoms with E-state index in [0.29, 0.717) is 13.0 Å². The van der Waals surface area contributed by atoms with Gasteiger partial charge in [-0.3, -0.25) is 4.79 Å². The number of nitrogens with one attached hydrogen (secondary N) is 1. The Labute approximate surface area is 159 Å². The molecule has 1 aliphatic rings. The molecule has 1 saturated heterocycles. The van der Waals surface area contributed by atoms with Gasteiger partial charge < -0.3 is 20.3 Å². The van der Waals surface area contributed by atoms with E-state index in [1.54, 1.807) is 0 Å². The molecule has 3 atom stereocenters. The number of epoxide rings is 1. The van der Waals surface area contributed by atoms with Crippen LogP contribution < -0.4 is 5.32 Å². The lowest BCUT2D eigenvalue weighted by atomic mass is 10.0. The average Bonchev–Trinajstić information content (AvgIpc) is 3.48. The monoisotopic (exact) mass is 371 g/mol. The maximum atomic E-state index is 11.6. The molecule has 5 nitrogen and oxygen atoms in total. The van der Waals surface area contributed by atoms with Gasteiger partial charge in [-0.2, -0.15) is 0 Å². The summed E-state index contributed by atoms with van der Waals surface area (Å²) in [7, 11) is 0. The summed E-state index contributed by atoms with van der Waals surface area (Å²) in [5.74, 6) is -0.228. The Morgan fingerprint density at radius 2 is 1.42 bits per heavy atom. The van der Waals surface area contributed by atoms with E-state index >= 15 is 0 Å². The minimum atomic E-state index is -0.685. The van der Waals surface area contributed by atoms with Crippen molar-refractivity contribution in [3.63, 3.8) is 0 Å². The van der Waals surface area contributed by atoms with E-state index in [9.17, 15) is 15.0 Å². The third-order valence-electron chi connectivity index (χ3n) is 5.22. The number of rotatable bonds is 18. The third kappa shape index (κ3) is 11.9. The molecule has 0 saturated carbocycles. The predicted molar refractivity (Wildman–Crippen MR) is 105 cm³/mol. The molecule has 0 bridgehead atoms. The van der Waals surface area contributed by atoms with Gasteiger partial charge in [-0.25, -0.2) is 0 Å². The zero-order valence-corrected chi connectivity index (χ0v) is 16.8. The van der Waals surface area contributed by atoms with Gasteiger partial charge >= 0.3 is 0 Å². The van der Waals surface area contributed by atoms with E-state index in [4.69, 9.17) is 4.74 Å². The number of aliphatic hydroxyl groups excluding tert-OH is 2. The molecule has 3 N–H and O–H groups in total. The summed E-state index contributed by atoms with van der Waals surface area (Å²) in [5, 5.41) is 22.1. The average molecular weight is 372 g/mol. The topological polar surface area (TPSA) is 82.1 Å². The fourth-order valence-corrected chi connectivity index (χ4v) is 3.31. The molecule has 5 heteroatoms. The third-order valence-corrected chi connectivity index (χ3v) is 5.22. The van der Waals surface area contributed by atoms with Crippen LogP contribution in [-0.4, -0.2) is 47.6 Å². The minimum absolute atomic E-state index is 0.228. The van der Waals surface area contributed by atoms with Crippen LogP contribution in [0.5, 0.6) is 0 Å². The number of hydrogen-bond acceptors (Lipinski definition) is 4. The second-order valence-corrected chi connectivity index (χ2v) is 7.72. The van der Waals surface area contributed by atoms with Crippen LogP contribution in [0, 0.1) is 0 Å². The van der Waals surface area contributed by atoms with Crippen LogP contribution in [0.2, 0.25) is 0 Å². The molecular weight excluding hydrogens is 330 g/mol. The lowest BCUT2D eigenvalue weighted by Gasteiger charge is -2.21. The molecule has 0 aromatic rings. The Bertz CT molecular complexity index is 347. The van der Waals surface area contributed by atoms with Crippen LogP contribution >= 0.6 is 0 Å². The van der Waals surface area contributed by atoms with Crippen molar-refractivity contribution in [2.24, 2.45) is 0 Å². The number of carbonyl (C=O) groups excluding carboxylic acids is 1. The smallest absolute Gasteiger partial charge is 0.251 e. The van der Waals surface area contributed by atoms with Crippen LogP contribution in [0.15, 0.2) is 0 Å². The molecule has 1 fully saturated rings. The summed E-state index contributed by atoms with van der Waals surface area (Å²) in [6.07, 6.45) is 16.4. The molecule has 0 aromatic carbocycles. The SMILES string of the molecule is CCCCCCCCCCCCCCC[C@@H](O)[C@H](CO)NC(=O)[C@@H]1CO1. The van der Waals surface area contributed by atoms with Gasteiger partial charge in [-0.15, -0.1) is 0 Å². The quantitative estimate of drug-likeness (QED) is 0.253. The number of amides is 1. The van der Waals surface area contributed by atoms with Crippen LogP contribution in [-0.2, 0) is 9.53 Å². The first-order chi connectivity index (χ1) is 12.7. The lowest BCUT2D eigenvalue weighted by Crippen LogP contribution is -2.47. The molecule has 1 aliphatic heterocycles. The van der Waals surface area contributed by atoms with Crippen molar-refractivity contribution in [1.82, 2.24) is 5.32 Å². The highest BCUT2D eigenvalue weighted by molar-refractivity contribution is 5.83. The summed E-state index contributed by atoms with van der Waals surface area (Å²) < 4.78 is 4.90. The van der Waals surface area contributed by atoms with Gasteiger partial charge in [0.1, 0.15) is 0 Å². The maximum absolute atomic E-state index is 11.6. The van der Waals surface area contributed by atoms with Crippen LogP contribution in [0.3, 0.4) is 0 Å². The molecule has 0 aromatic heterocycles. The van der Waals surface area contributed by atoms with Gasteiger partial charge in [0, 0.05) is 0 Å². The molecule has 154 valence electrons. The number of unbranched alkanes of at least 4 members (excludes halogenated alkanes) is 12. The van der Waals surface area contributed by atoms with E-state index in [1.807, 2.05) is 0 Å². The Hall–Kier alpha value is -0.650. The standard InChI is InChI=1S/C21H41NO4/c1-2-3-4-5-6-7-8-9-10-11-12-13-14-15-19(24)18(16-23)22-21(25)20-17-26-20/h18-20,23-24H,2-17H2,1H3,(H,22,25)/t18-,19+,20-/m0/s1. The van der Waals surface area contributed by atoms with Crippen molar-refractivity contribution in [3.05, 3.63) is 0 Å². The normalized spacial score (nSPS) is 18.5. The van der Waals surface area contributed by atoms with Gasteiger partial charge in [0.25, 0.3) is 5.91 Å². The second kappa shape index (κ2) is 15.4. The molecule has 0 radical (unpaired) electrons. The zero-order valence-electron chi connectivity index (χ0n) is 16.8. The summed E-state index contributed by atoms with van der Waals surface area (Å²) in [6, 6.07) is -0.580. The zero-order chi connectivity index (χ0) is 19.0. The number of ether oxygens (including phenoxy) is 1. The maximum Gasteiger partial charge on any atom is 0.251 e. The molecular formula is C21H41NO4. The van der Waals surface area contributed by atoms with Crippen molar-refractivity contribution in [2.45, 2.75) is 115 Å². The van der Waals surface area contributed by atoms with Crippen molar-refractivity contribution in [2.75, 3.05) is 13.2 Å². The number of hydrogen-bond donors (Lipinski definition) is 3. The van der Waals surface area contributed by atoms with E-state index < -0.39 is 12.1 Å². The molecule has 1 amide bonds. The van der Waals surface area contributed by atoms with E-state index in [2.05, 4.69) is 12.2 Å². The first-order valence-electron chi connectivity index (χ1n) is 10.9. The molecule has 26 heavy (non-hydrogen) atoms.